The molecule has 1 aliphatic carbocycles. The molecule has 0 saturated carbocycles. The third kappa shape index (κ3) is 2.67. The fraction of sp³-hybridized carbons (Fsp3) is 0.700. The minimum atomic E-state index is 0.576. The van der Waals surface area contributed by atoms with Crippen LogP contribution in [0.15, 0.2) is 12.2 Å². The maximum Gasteiger partial charge on any atom is 0.0635 e. The Bertz CT molecular complexity index is 191. The Labute approximate surface area is 74.5 Å². The lowest BCUT2D eigenvalue weighted by molar-refractivity contribution is 0.267. The van der Waals surface area contributed by atoms with E-state index in [0.717, 1.165) is 6.54 Å². The highest BCUT2D eigenvalue weighted by molar-refractivity contribution is 4.98. The van der Waals surface area contributed by atoms with Crippen molar-refractivity contribution in [3.8, 4) is 6.07 Å². The van der Waals surface area contributed by atoms with Crippen LogP contribution < -0.4 is 0 Å². The van der Waals surface area contributed by atoms with Gasteiger partial charge in [-0.05, 0) is 26.3 Å². The van der Waals surface area contributed by atoms with Gasteiger partial charge < -0.3 is 0 Å². The van der Waals surface area contributed by atoms with Crippen LogP contribution in [-0.4, -0.2) is 24.5 Å². The van der Waals surface area contributed by atoms with Crippen molar-refractivity contribution in [2.75, 3.05) is 13.6 Å². The Balaban J connectivity index is 2.30. The first-order valence-electron chi connectivity index (χ1n) is 4.58. The summed E-state index contributed by atoms with van der Waals surface area (Å²) >= 11 is 0. The van der Waals surface area contributed by atoms with Gasteiger partial charge in [-0.25, -0.2) is 0 Å². The van der Waals surface area contributed by atoms with Crippen LogP contribution in [0.2, 0.25) is 0 Å². The molecule has 2 nitrogen and oxygen atoms in total. The van der Waals surface area contributed by atoms with Crippen molar-refractivity contribution in [3.63, 3.8) is 0 Å². The molecule has 0 aliphatic heterocycles. The Kier molecular flexibility index (Phi) is 3.83. The van der Waals surface area contributed by atoms with E-state index >= 15 is 0 Å². The highest BCUT2D eigenvalue weighted by atomic mass is 15.1. The first-order chi connectivity index (χ1) is 5.84. The Morgan fingerprint density at radius 2 is 2.50 bits per heavy atom. The predicted octanol–water partition coefficient (Wildman–Crippen LogP) is 1.94. The van der Waals surface area contributed by atoms with Gasteiger partial charge in [0.1, 0.15) is 0 Å². The normalized spacial score (nSPS) is 22.6. The SMILES string of the molecule is CN(CCC#N)C1C=CCCC1. The number of hydrogen-bond donors (Lipinski definition) is 0. The summed E-state index contributed by atoms with van der Waals surface area (Å²) in [6.45, 7) is 0.894. The van der Waals surface area contributed by atoms with Gasteiger partial charge in [0.2, 0.25) is 0 Å². The summed E-state index contributed by atoms with van der Waals surface area (Å²) in [7, 11) is 2.09. The lowest BCUT2D eigenvalue weighted by Crippen LogP contribution is -2.31. The van der Waals surface area contributed by atoms with E-state index in [1.54, 1.807) is 0 Å². The van der Waals surface area contributed by atoms with Crippen LogP contribution in [-0.2, 0) is 0 Å². The summed E-state index contributed by atoms with van der Waals surface area (Å²) in [5, 5.41) is 8.42. The Morgan fingerprint density at radius 1 is 1.67 bits per heavy atom. The predicted molar refractivity (Wildman–Crippen MR) is 49.6 cm³/mol. The third-order valence-corrected chi connectivity index (χ3v) is 2.37. The van der Waals surface area contributed by atoms with Gasteiger partial charge in [-0.2, -0.15) is 5.26 Å². The standard InChI is InChI=1S/C10H16N2/c1-12(9-5-8-11)10-6-3-2-4-7-10/h3,6,10H,2,4-5,7,9H2,1H3. The maximum absolute atomic E-state index is 8.42. The summed E-state index contributed by atoms with van der Waals surface area (Å²) in [6, 6.07) is 2.75. The molecule has 0 aromatic carbocycles. The summed E-state index contributed by atoms with van der Waals surface area (Å²) < 4.78 is 0. The number of nitriles is 1. The van der Waals surface area contributed by atoms with Crippen LogP contribution in [0, 0.1) is 11.3 Å². The molecule has 0 radical (unpaired) electrons. The van der Waals surface area contributed by atoms with Gasteiger partial charge >= 0.3 is 0 Å². The van der Waals surface area contributed by atoms with E-state index in [9.17, 15) is 0 Å². The molecular weight excluding hydrogens is 148 g/mol. The van der Waals surface area contributed by atoms with Crippen molar-refractivity contribution in [1.29, 1.82) is 5.26 Å². The second-order valence-electron chi connectivity index (χ2n) is 3.32. The summed E-state index contributed by atoms with van der Waals surface area (Å²) in [5.74, 6) is 0. The van der Waals surface area contributed by atoms with Crippen LogP contribution in [0.4, 0.5) is 0 Å². The molecule has 0 bridgehead atoms. The molecule has 1 unspecified atom stereocenters. The van der Waals surface area contributed by atoms with Gasteiger partial charge in [-0.1, -0.05) is 12.2 Å². The molecule has 0 fully saturated rings. The third-order valence-electron chi connectivity index (χ3n) is 2.37. The first kappa shape index (κ1) is 9.28. The monoisotopic (exact) mass is 164 g/mol. The summed E-state index contributed by atoms with van der Waals surface area (Å²) in [4.78, 5) is 2.26. The van der Waals surface area contributed by atoms with E-state index in [4.69, 9.17) is 5.26 Å². The summed E-state index contributed by atoms with van der Waals surface area (Å²) in [5.41, 5.74) is 0. The smallest absolute Gasteiger partial charge is 0.0635 e. The van der Waals surface area contributed by atoms with Gasteiger partial charge in [0.25, 0.3) is 0 Å². The zero-order valence-corrected chi connectivity index (χ0v) is 7.66. The molecule has 1 atom stereocenters. The molecule has 0 aromatic rings. The van der Waals surface area contributed by atoms with Crippen LogP contribution in [0.5, 0.6) is 0 Å². The van der Waals surface area contributed by atoms with E-state index in [0.29, 0.717) is 12.5 Å². The minimum absolute atomic E-state index is 0.576. The van der Waals surface area contributed by atoms with E-state index in [2.05, 4.69) is 30.2 Å². The fourth-order valence-corrected chi connectivity index (χ4v) is 1.55. The highest BCUT2D eigenvalue weighted by Gasteiger charge is 2.12. The number of hydrogen-bond acceptors (Lipinski definition) is 2. The molecule has 0 aromatic heterocycles. The number of nitrogens with zero attached hydrogens (tertiary/aromatic N) is 2. The molecule has 0 heterocycles. The summed E-state index contributed by atoms with van der Waals surface area (Å²) in [6.07, 6.45) is 8.91. The van der Waals surface area contributed by atoms with Crippen LogP contribution in [0.1, 0.15) is 25.7 Å². The van der Waals surface area contributed by atoms with Gasteiger partial charge in [-0.3, -0.25) is 4.90 Å². The molecule has 0 saturated heterocycles. The lowest BCUT2D eigenvalue weighted by atomic mass is 10.0. The second-order valence-corrected chi connectivity index (χ2v) is 3.32. The molecule has 2 heteroatoms. The van der Waals surface area contributed by atoms with Crippen molar-refractivity contribution in [2.45, 2.75) is 31.7 Å². The number of allylic oxidation sites excluding steroid dienone is 1. The Hall–Kier alpha value is -0.810. The van der Waals surface area contributed by atoms with Crippen LogP contribution in [0.25, 0.3) is 0 Å². The van der Waals surface area contributed by atoms with Crippen molar-refractivity contribution in [1.82, 2.24) is 4.90 Å². The second kappa shape index (κ2) is 4.95. The van der Waals surface area contributed by atoms with Gasteiger partial charge in [0, 0.05) is 19.0 Å². The van der Waals surface area contributed by atoms with Gasteiger partial charge in [-0.15, -0.1) is 0 Å². The average molecular weight is 164 g/mol. The van der Waals surface area contributed by atoms with Crippen LogP contribution in [0.3, 0.4) is 0 Å². The molecule has 1 aliphatic rings. The van der Waals surface area contributed by atoms with E-state index in [1.807, 2.05) is 0 Å². The van der Waals surface area contributed by atoms with E-state index in [-0.39, 0.29) is 0 Å². The molecule has 1 rings (SSSR count). The average Bonchev–Trinajstić information content (AvgIpc) is 2.15. The first-order valence-corrected chi connectivity index (χ1v) is 4.58. The van der Waals surface area contributed by atoms with E-state index < -0.39 is 0 Å². The quantitative estimate of drug-likeness (QED) is 0.596. The lowest BCUT2D eigenvalue weighted by Gasteiger charge is -2.26. The van der Waals surface area contributed by atoms with Gasteiger partial charge in [0.15, 0.2) is 0 Å². The van der Waals surface area contributed by atoms with Crippen molar-refractivity contribution >= 4 is 0 Å². The van der Waals surface area contributed by atoms with E-state index in [1.165, 1.54) is 19.3 Å². The number of likely N-dealkylation sites (N-methyl/N-ethyl adjacent to an activating group) is 1. The molecular formula is C10H16N2. The van der Waals surface area contributed by atoms with Crippen molar-refractivity contribution in [3.05, 3.63) is 12.2 Å². The van der Waals surface area contributed by atoms with Crippen molar-refractivity contribution in [2.24, 2.45) is 0 Å². The molecule has 0 N–H and O–H groups in total. The van der Waals surface area contributed by atoms with Crippen molar-refractivity contribution < 1.29 is 0 Å². The molecule has 0 amide bonds. The maximum atomic E-state index is 8.42. The van der Waals surface area contributed by atoms with Gasteiger partial charge in [0.05, 0.1) is 6.07 Å². The fourth-order valence-electron chi connectivity index (χ4n) is 1.55. The molecule has 0 spiro atoms. The largest absolute Gasteiger partial charge is 0.299 e. The molecule has 66 valence electrons. The highest BCUT2D eigenvalue weighted by Crippen LogP contribution is 2.14. The topological polar surface area (TPSA) is 27.0 Å². The zero-order valence-electron chi connectivity index (χ0n) is 7.66. The Morgan fingerprint density at radius 3 is 3.08 bits per heavy atom. The zero-order chi connectivity index (χ0) is 8.81. The minimum Gasteiger partial charge on any atom is -0.299 e. The number of rotatable bonds is 3. The van der Waals surface area contributed by atoms with Crippen LogP contribution >= 0.6 is 0 Å². The molecule has 12 heavy (non-hydrogen) atoms.